The number of piperazine rings is 1. The van der Waals surface area contributed by atoms with E-state index in [0.29, 0.717) is 0 Å². The standard InChI is InChI=1S/C17H19N5O5S/c18-11-12-3-1-2-4-14(12)28(26,27)22-9-7-21(8-10-22)15(23)6-5-13-16(24)20-17(25)19-13/h1-4,13H,5-10H2,(H2,19,20,24,25)/t13-/m1/s1. The van der Waals surface area contributed by atoms with Gasteiger partial charge >= 0.3 is 6.03 Å². The highest BCUT2D eigenvalue weighted by molar-refractivity contribution is 7.89. The van der Waals surface area contributed by atoms with Gasteiger partial charge in [0.25, 0.3) is 5.91 Å². The number of amides is 4. The van der Waals surface area contributed by atoms with Gasteiger partial charge in [-0.3, -0.25) is 14.9 Å². The second-order valence-corrected chi connectivity index (χ2v) is 8.35. The number of hydrogen-bond acceptors (Lipinski definition) is 6. The number of nitrogens with one attached hydrogen (secondary N) is 2. The van der Waals surface area contributed by atoms with Gasteiger partial charge in [0.15, 0.2) is 0 Å². The second kappa shape index (κ2) is 7.95. The third-order valence-electron chi connectivity index (χ3n) is 4.72. The molecular weight excluding hydrogens is 386 g/mol. The summed E-state index contributed by atoms with van der Waals surface area (Å²) < 4.78 is 26.9. The minimum absolute atomic E-state index is 0.0414. The van der Waals surface area contributed by atoms with Gasteiger partial charge in [0, 0.05) is 32.6 Å². The van der Waals surface area contributed by atoms with Gasteiger partial charge in [-0.1, -0.05) is 12.1 Å². The molecule has 2 N–H and O–H groups in total. The van der Waals surface area contributed by atoms with Crippen molar-refractivity contribution in [3.8, 4) is 6.07 Å². The Balaban J connectivity index is 1.57. The summed E-state index contributed by atoms with van der Waals surface area (Å²) in [5, 5.41) is 13.7. The van der Waals surface area contributed by atoms with Crippen LogP contribution in [-0.2, 0) is 19.6 Å². The molecule has 2 heterocycles. The smallest absolute Gasteiger partial charge is 0.322 e. The molecular formula is C17H19N5O5S. The lowest BCUT2D eigenvalue weighted by Crippen LogP contribution is -2.50. The predicted octanol–water partition coefficient (Wildman–Crippen LogP) is -0.621. The Morgan fingerprint density at radius 2 is 1.86 bits per heavy atom. The molecule has 1 aromatic carbocycles. The predicted molar refractivity (Wildman–Crippen MR) is 96.2 cm³/mol. The van der Waals surface area contributed by atoms with Crippen LogP contribution in [0.5, 0.6) is 0 Å². The fraction of sp³-hybridized carbons (Fsp3) is 0.412. The number of carbonyl (C=O) groups excluding carboxylic acids is 3. The molecule has 2 saturated heterocycles. The van der Waals surface area contributed by atoms with Crippen molar-refractivity contribution in [1.82, 2.24) is 19.8 Å². The van der Waals surface area contributed by atoms with E-state index in [-0.39, 0.29) is 55.4 Å². The van der Waals surface area contributed by atoms with Crippen LogP contribution >= 0.6 is 0 Å². The van der Waals surface area contributed by atoms with Crippen LogP contribution in [0.1, 0.15) is 18.4 Å². The first-order valence-corrected chi connectivity index (χ1v) is 10.2. The maximum Gasteiger partial charge on any atom is 0.322 e. The van der Waals surface area contributed by atoms with Crippen LogP contribution in [0, 0.1) is 11.3 Å². The molecule has 148 valence electrons. The number of carbonyl (C=O) groups is 3. The van der Waals surface area contributed by atoms with E-state index in [9.17, 15) is 22.8 Å². The van der Waals surface area contributed by atoms with Gasteiger partial charge in [-0.25, -0.2) is 13.2 Å². The van der Waals surface area contributed by atoms with E-state index >= 15 is 0 Å². The third kappa shape index (κ3) is 3.97. The number of nitriles is 1. The van der Waals surface area contributed by atoms with Crippen molar-refractivity contribution in [2.75, 3.05) is 26.2 Å². The lowest BCUT2D eigenvalue weighted by molar-refractivity contribution is -0.132. The quantitative estimate of drug-likeness (QED) is 0.626. The molecule has 11 heteroatoms. The fourth-order valence-corrected chi connectivity index (χ4v) is 4.75. The molecule has 0 aliphatic carbocycles. The van der Waals surface area contributed by atoms with E-state index in [1.165, 1.54) is 21.3 Å². The van der Waals surface area contributed by atoms with Crippen molar-refractivity contribution in [2.45, 2.75) is 23.8 Å². The van der Waals surface area contributed by atoms with Gasteiger partial charge < -0.3 is 10.2 Å². The Bertz CT molecular complexity index is 947. The normalized spacial score (nSPS) is 20.4. The van der Waals surface area contributed by atoms with Crippen LogP contribution in [0.3, 0.4) is 0 Å². The number of nitrogens with zero attached hydrogens (tertiary/aromatic N) is 3. The Morgan fingerprint density at radius 1 is 1.18 bits per heavy atom. The minimum atomic E-state index is -3.82. The number of benzene rings is 1. The summed E-state index contributed by atoms with van der Waals surface area (Å²) in [5.41, 5.74) is 0.0814. The van der Waals surface area contributed by atoms with Crippen molar-refractivity contribution < 1.29 is 22.8 Å². The van der Waals surface area contributed by atoms with E-state index in [1.54, 1.807) is 12.1 Å². The molecule has 2 aliphatic rings. The molecule has 0 aromatic heterocycles. The van der Waals surface area contributed by atoms with Crippen LogP contribution in [0.2, 0.25) is 0 Å². The highest BCUT2D eigenvalue weighted by Gasteiger charge is 2.33. The zero-order valence-corrected chi connectivity index (χ0v) is 15.7. The van der Waals surface area contributed by atoms with Crippen LogP contribution < -0.4 is 10.6 Å². The molecule has 3 rings (SSSR count). The number of sulfonamides is 1. The monoisotopic (exact) mass is 405 g/mol. The molecule has 2 aliphatic heterocycles. The zero-order chi connectivity index (χ0) is 20.3. The summed E-state index contributed by atoms with van der Waals surface area (Å²) in [5.74, 6) is -0.659. The Kier molecular flexibility index (Phi) is 5.62. The molecule has 0 bridgehead atoms. The first kappa shape index (κ1) is 19.8. The average Bonchev–Trinajstić information content (AvgIpc) is 3.03. The van der Waals surface area contributed by atoms with Crippen LogP contribution in [0.15, 0.2) is 29.2 Å². The molecule has 1 aromatic rings. The van der Waals surface area contributed by atoms with Crippen LogP contribution in [0.25, 0.3) is 0 Å². The minimum Gasteiger partial charge on any atom is -0.340 e. The molecule has 0 radical (unpaired) electrons. The average molecular weight is 405 g/mol. The summed E-state index contributed by atoms with van der Waals surface area (Å²) in [6, 6.07) is 6.60. The molecule has 0 saturated carbocycles. The van der Waals surface area contributed by atoms with Crippen molar-refractivity contribution >= 4 is 27.9 Å². The highest BCUT2D eigenvalue weighted by Crippen LogP contribution is 2.21. The second-order valence-electron chi connectivity index (χ2n) is 6.45. The maximum atomic E-state index is 12.8. The third-order valence-corrected chi connectivity index (χ3v) is 6.68. The van der Waals surface area contributed by atoms with Gasteiger partial charge in [0.05, 0.1) is 10.5 Å². The van der Waals surface area contributed by atoms with Crippen molar-refractivity contribution in [2.24, 2.45) is 0 Å². The number of rotatable bonds is 5. The number of hydrogen-bond donors (Lipinski definition) is 2. The first-order chi connectivity index (χ1) is 13.3. The molecule has 10 nitrogen and oxygen atoms in total. The van der Waals surface area contributed by atoms with Gasteiger partial charge in [-0.2, -0.15) is 9.57 Å². The largest absolute Gasteiger partial charge is 0.340 e. The lowest BCUT2D eigenvalue weighted by Gasteiger charge is -2.34. The van der Waals surface area contributed by atoms with E-state index in [2.05, 4.69) is 10.6 Å². The topological polar surface area (TPSA) is 140 Å². The summed E-state index contributed by atoms with van der Waals surface area (Å²) in [4.78, 5) is 36.4. The number of urea groups is 1. The van der Waals surface area contributed by atoms with E-state index in [1.807, 2.05) is 6.07 Å². The molecule has 0 unspecified atom stereocenters. The summed E-state index contributed by atoms with van der Waals surface area (Å²) >= 11 is 0. The molecule has 1 atom stereocenters. The first-order valence-electron chi connectivity index (χ1n) is 8.71. The van der Waals surface area contributed by atoms with E-state index in [0.717, 1.165) is 0 Å². The van der Waals surface area contributed by atoms with E-state index in [4.69, 9.17) is 5.26 Å². The van der Waals surface area contributed by atoms with Crippen molar-refractivity contribution in [3.05, 3.63) is 29.8 Å². The Morgan fingerprint density at radius 3 is 2.46 bits per heavy atom. The highest BCUT2D eigenvalue weighted by atomic mass is 32.2. The summed E-state index contributed by atoms with van der Waals surface area (Å²) in [6.07, 6.45) is 0.257. The fourth-order valence-electron chi connectivity index (χ4n) is 3.19. The lowest BCUT2D eigenvalue weighted by atomic mass is 10.1. The summed E-state index contributed by atoms with van der Waals surface area (Å²) in [6.45, 7) is 0.676. The maximum absolute atomic E-state index is 12.8. The van der Waals surface area contributed by atoms with Gasteiger partial charge in [-0.05, 0) is 18.6 Å². The Labute approximate surface area is 162 Å². The van der Waals surface area contributed by atoms with Crippen LogP contribution in [0.4, 0.5) is 4.79 Å². The van der Waals surface area contributed by atoms with Crippen molar-refractivity contribution in [3.63, 3.8) is 0 Å². The van der Waals surface area contributed by atoms with Gasteiger partial charge in [-0.15, -0.1) is 0 Å². The molecule has 0 spiro atoms. The number of imide groups is 1. The van der Waals surface area contributed by atoms with Gasteiger partial charge in [0.1, 0.15) is 12.1 Å². The zero-order valence-electron chi connectivity index (χ0n) is 14.9. The molecule has 2 fully saturated rings. The van der Waals surface area contributed by atoms with Crippen molar-refractivity contribution in [1.29, 1.82) is 5.26 Å². The Hall–Kier alpha value is -2.97. The SMILES string of the molecule is N#Cc1ccccc1S(=O)(=O)N1CCN(C(=O)CC[C@H]2NC(=O)NC2=O)CC1. The van der Waals surface area contributed by atoms with E-state index < -0.39 is 28.0 Å². The summed E-state index contributed by atoms with van der Waals surface area (Å²) in [7, 11) is -3.82. The molecule has 28 heavy (non-hydrogen) atoms. The van der Waals surface area contributed by atoms with Gasteiger partial charge in [0.2, 0.25) is 15.9 Å². The van der Waals surface area contributed by atoms with Crippen LogP contribution in [-0.4, -0.2) is 67.7 Å². The molecule has 4 amide bonds.